The predicted octanol–water partition coefficient (Wildman–Crippen LogP) is 4.27. The number of allylic oxidation sites excluding steroid dienone is 1. The molecule has 8 atom stereocenters. The van der Waals surface area contributed by atoms with Crippen molar-refractivity contribution in [2.45, 2.75) is 65.2 Å². The minimum atomic E-state index is -0.126. The molecule has 0 aliphatic heterocycles. The van der Waals surface area contributed by atoms with Gasteiger partial charge in [-0.2, -0.15) is 5.26 Å². The zero-order valence-electron chi connectivity index (χ0n) is 16.1. The van der Waals surface area contributed by atoms with E-state index in [-0.39, 0.29) is 17.4 Å². The average molecular weight is 354 g/mol. The number of hydrogen-bond donors (Lipinski definition) is 1. The molecule has 1 N–H and O–H groups in total. The number of aliphatic hydroxyl groups is 1. The van der Waals surface area contributed by atoms with Crippen LogP contribution in [0.5, 0.6) is 0 Å². The fourth-order valence-electron chi connectivity index (χ4n) is 8.60. The van der Waals surface area contributed by atoms with E-state index >= 15 is 0 Å². The van der Waals surface area contributed by atoms with E-state index in [9.17, 15) is 15.2 Å². The first kappa shape index (κ1) is 17.0. The fourth-order valence-corrected chi connectivity index (χ4v) is 8.60. The molecular weight excluding hydrogens is 322 g/mol. The third kappa shape index (κ3) is 1.85. The van der Waals surface area contributed by atoms with Crippen LogP contribution < -0.4 is 0 Å². The Morgan fingerprint density at radius 2 is 2.08 bits per heavy atom. The number of nitriles is 1. The van der Waals surface area contributed by atoms with Crippen molar-refractivity contribution in [3.8, 4) is 6.07 Å². The third-order valence-electron chi connectivity index (χ3n) is 9.67. The molecule has 0 spiro atoms. The summed E-state index contributed by atoms with van der Waals surface area (Å²) in [6.45, 7) is 4.77. The number of rotatable bonds is 2. The second-order valence-corrected chi connectivity index (χ2v) is 10.1. The highest BCUT2D eigenvalue weighted by molar-refractivity contribution is 5.82. The lowest BCUT2D eigenvalue weighted by atomic mass is 9.46. The summed E-state index contributed by atoms with van der Waals surface area (Å²) >= 11 is 0. The molecule has 0 radical (unpaired) electrons. The Hall–Kier alpha value is -1.14. The number of carbonyl (C=O) groups excluding carboxylic acids is 1. The minimum absolute atomic E-state index is 0.122. The van der Waals surface area contributed by atoms with Crippen LogP contribution in [-0.4, -0.2) is 17.5 Å². The fraction of sp³-hybridized carbons (Fsp3) is 0.826. The van der Waals surface area contributed by atoms with Crippen molar-refractivity contribution in [3.05, 3.63) is 11.1 Å². The number of fused-ring (bicyclic) bond motifs is 7. The summed E-state index contributed by atoms with van der Waals surface area (Å²) in [5, 5.41) is 20.3. The smallest absolute Gasteiger partial charge is 0.136 e. The van der Waals surface area contributed by atoms with Crippen LogP contribution in [0.3, 0.4) is 0 Å². The van der Waals surface area contributed by atoms with Gasteiger partial charge >= 0.3 is 0 Å². The Kier molecular flexibility index (Phi) is 3.56. The second kappa shape index (κ2) is 5.44. The van der Waals surface area contributed by atoms with E-state index in [1.165, 1.54) is 30.4 Å². The number of nitrogens with zero attached hydrogens (tertiary/aromatic N) is 1. The maximum Gasteiger partial charge on any atom is 0.136 e. The summed E-state index contributed by atoms with van der Waals surface area (Å²) in [6, 6.07) is 2.84. The number of carbonyl (C=O) groups is 1. The highest BCUT2D eigenvalue weighted by atomic mass is 16.3. The van der Waals surface area contributed by atoms with Crippen LogP contribution in [0.1, 0.15) is 65.2 Å². The van der Waals surface area contributed by atoms with Crippen molar-refractivity contribution in [1.29, 1.82) is 5.26 Å². The van der Waals surface area contributed by atoms with E-state index < -0.39 is 0 Å². The molecule has 3 heteroatoms. The summed E-state index contributed by atoms with van der Waals surface area (Å²) in [6.07, 6.45) is 7.92. The molecule has 26 heavy (non-hydrogen) atoms. The lowest BCUT2D eigenvalue weighted by molar-refractivity contribution is -0.121. The molecule has 0 heterocycles. The molecule has 0 saturated heterocycles. The lowest BCUT2D eigenvalue weighted by Gasteiger charge is -2.57. The molecule has 0 aromatic heterocycles. The standard InChI is InChI=1S/C23H31NO2/c1-3-23(12-24)20-10-19(20)21-18-8-13(11-25)17-9-14(26)4-5-15(17)16(18)6-7-22(21,23)2/h15-16,18-21,25H,3-11H2,1-2H3/t15-,16-,18-,19-,20+,21-,22+,23+/m1/s1. The van der Waals surface area contributed by atoms with Crippen LogP contribution in [0, 0.1) is 57.7 Å². The zero-order valence-corrected chi connectivity index (χ0v) is 16.1. The molecule has 3 nitrogen and oxygen atoms in total. The molecule has 5 aliphatic rings. The first-order valence-corrected chi connectivity index (χ1v) is 10.7. The van der Waals surface area contributed by atoms with Crippen LogP contribution in [0.15, 0.2) is 11.1 Å². The van der Waals surface area contributed by atoms with Crippen LogP contribution in [0.25, 0.3) is 0 Å². The minimum Gasteiger partial charge on any atom is -0.392 e. The molecule has 4 saturated carbocycles. The van der Waals surface area contributed by atoms with Crippen LogP contribution >= 0.6 is 0 Å². The maximum atomic E-state index is 12.0. The van der Waals surface area contributed by atoms with Gasteiger partial charge in [0.1, 0.15) is 5.78 Å². The van der Waals surface area contributed by atoms with E-state index in [4.69, 9.17) is 0 Å². The molecule has 140 valence electrons. The topological polar surface area (TPSA) is 61.1 Å². The van der Waals surface area contributed by atoms with Gasteiger partial charge in [0.05, 0.1) is 18.1 Å². The number of hydrogen-bond acceptors (Lipinski definition) is 3. The monoisotopic (exact) mass is 353 g/mol. The summed E-state index contributed by atoms with van der Waals surface area (Å²) < 4.78 is 0. The first-order valence-electron chi connectivity index (χ1n) is 10.7. The average Bonchev–Trinajstić information content (AvgIpc) is 3.38. The normalized spacial score (nSPS) is 51.8. The van der Waals surface area contributed by atoms with Gasteiger partial charge in [-0.15, -0.1) is 0 Å². The SMILES string of the molecule is CC[C@]1(C#N)[C@H]2C[C@H]2[C@H]2[C@@H]3CC(CO)=C4CC(=O)CC[C@@H]4[C@H]3CC[C@@]21C. The predicted molar refractivity (Wildman–Crippen MR) is 98.8 cm³/mol. The second-order valence-electron chi connectivity index (χ2n) is 10.1. The highest BCUT2D eigenvalue weighted by Crippen LogP contribution is 2.79. The molecular formula is C23H31NO2. The first-order chi connectivity index (χ1) is 12.5. The molecule has 5 rings (SSSR count). The van der Waals surface area contributed by atoms with Gasteiger partial charge in [0.15, 0.2) is 0 Å². The number of aliphatic hydroxyl groups excluding tert-OH is 1. The van der Waals surface area contributed by atoms with Gasteiger partial charge < -0.3 is 5.11 Å². The van der Waals surface area contributed by atoms with E-state index in [0.717, 1.165) is 31.6 Å². The van der Waals surface area contributed by atoms with Gasteiger partial charge in [-0.3, -0.25) is 4.79 Å². The molecule has 5 aliphatic carbocycles. The van der Waals surface area contributed by atoms with Crippen LogP contribution in [-0.2, 0) is 4.79 Å². The van der Waals surface area contributed by atoms with Gasteiger partial charge in [0.25, 0.3) is 0 Å². The van der Waals surface area contributed by atoms with E-state index in [1.807, 2.05) is 0 Å². The van der Waals surface area contributed by atoms with Crippen molar-refractivity contribution in [2.24, 2.45) is 46.3 Å². The number of ketones is 1. The third-order valence-corrected chi connectivity index (χ3v) is 9.67. The lowest BCUT2D eigenvalue weighted by Crippen LogP contribution is -2.51. The summed E-state index contributed by atoms with van der Waals surface area (Å²) in [5.41, 5.74) is 2.50. The van der Waals surface area contributed by atoms with Gasteiger partial charge in [-0.1, -0.05) is 19.4 Å². The van der Waals surface area contributed by atoms with Crippen molar-refractivity contribution >= 4 is 5.78 Å². The van der Waals surface area contributed by atoms with E-state index in [0.29, 0.717) is 41.8 Å². The largest absolute Gasteiger partial charge is 0.392 e. The summed E-state index contributed by atoms with van der Waals surface area (Å²) in [4.78, 5) is 12.0. The highest BCUT2D eigenvalue weighted by Gasteiger charge is 2.75. The Morgan fingerprint density at radius 3 is 2.77 bits per heavy atom. The Labute approximate surface area is 156 Å². The van der Waals surface area contributed by atoms with E-state index in [1.54, 1.807) is 0 Å². The summed E-state index contributed by atoms with van der Waals surface area (Å²) in [7, 11) is 0. The Morgan fingerprint density at radius 1 is 1.27 bits per heavy atom. The van der Waals surface area contributed by atoms with Crippen molar-refractivity contribution in [3.63, 3.8) is 0 Å². The van der Waals surface area contributed by atoms with E-state index in [2.05, 4.69) is 19.9 Å². The quantitative estimate of drug-likeness (QED) is 0.754. The van der Waals surface area contributed by atoms with Crippen LogP contribution in [0.2, 0.25) is 0 Å². The van der Waals surface area contributed by atoms with Gasteiger partial charge in [-0.25, -0.2) is 0 Å². The Bertz CT molecular complexity index is 733. The van der Waals surface area contributed by atoms with Crippen molar-refractivity contribution in [1.82, 2.24) is 0 Å². The zero-order chi connectivity index (χ0) is 18.3. The Balaban J connectivity index is 1.56. The van der Waals surface area contributed by atoms with Gasteiger partial charge in [-0.05, 0) is 85.0 Å². The van der Waals surface area contributed by atoms with Crippen LogP contribution in [0.4, 0.5) is 0 Å². The molecule has 0 aromatic rings. The molecule has 0 aromatic carbocycles. The molecule has 0 unspecified atom stereocenters. The maximum absolute atomic E-state index is 12.0. The summed E-state index contributed by atoms with van der Waals surface area (Å²) in [5.74, 6) is 4.18. The number of Topliss-reactive ketones (excluding diaryl/α,β-unsaturated/α-hetero) is 1. The van der Waals surface area contributed by atoms with Crippen molar-refractivity contribution < 1.29 is 9.90 Å². The molecule has 0 amide bonds. The molecule has 0 bridgehead atoms. The molecule has 4 fully saturated rings. The van der Waals surface area contributed by atoms with Gasteiger partial charge in [0, 0.05) is 12.8 Å². The van der Waals surface area contributed by atoms with Gasteiger partial charge in [0.2, 0.25) is 0 Å². The van der Waals surface area contributed by atoms with Crippen molar-refractivity contribution in [2.75, 3.05) is 6.61 Å².